The number of ether oxygens (including phenoxy) is 1. The van der Waals surface area contributed by atoms with Crippen LogP contribution in [0.3, 0.4) is 0 Å². The highest BCUT2D eigenvalue weighted by molar-refractivity contribution is 6.30. The Hall–Kier alpha value is -1.95. The van der Waals surface area contributed by atoms with Crippen molar-refractivity contribution in [1.29, 1.82) is 0 Å². The molecule has 0 spiro atoms. The lowest BCUT2D eigenvalue weighted by molar-refractivity contribution is 0.0512. The third-order valence-electron chi connectivity index (χ3n) is 2.12. The predicted octanol–water partition coefficient (Wildman–Crippen LogP) is 2.44. The first-order valence-corrected chi connectivity index (χ1v) is 5.54. The van der Waals surface area contributed by atoms with E-state index in [2.05, 4.69) is 15.2 Å². The molecular weight excluding hydrogens is 261 g/mol. The Morgan fingerprint density at radius 2 is 2.33 bits per heavy atom. The molecule has 94 valence electrons. The zero-order chi connectivity index (χ0) is 13.1. The molecule has 0 saturated heterocycles. The van der Waals surface area contributed by atoms with E-state index in [1.54, 1.807) is 6.92 Å². The Morgan fingerprint density at radius 3 is 3.06 bits per heavy atom. The van der Waals surface area contributed by atoms with E-state index in [9.17, 15) is 9.18 Å². The van der Waals surface area contributed by atoms with Crippen molar-refractivity contribution in [3.8, 4) is 11.4 Å². The van der Waals surface area contributed by atoms with Crippen molar-refractivity contribution < 1.29 is 13.9 Å². The Labute approximate surface area is 107 Å². The molecule has 0 fully saturated rings. The molecule has 0 amide bonds. The molecule has 0 saturated carbocycles. The highest BCUT2D eigenvalue weighted by Crippen LogP contribution is 2.23. The second kappa shape index (κ2) is 5.14. The maximum Gasteiger partial charge on any atom is 0.375 e. The number of aromatic nitrogens is 3. The number of nitrogens with one attached hydrogen (secondary N) is 1. The fraction of sp³-hybridized carbons (Fsp3) is 0.182. The van der Waals surface area contributed by atoms with E-state index in [1.165, 1.54) is 18.2 Å². The lowest BCUT2D eigenvalue weighted by Crippen LogP contribution is -2.06. The average molecular weight is 270 g/mol. The van der Waals surface area contributed by atoms with Crippen LogP contribution in [0, 0.1) is 5.82 Å². The second-order valence-corrected chi connectivity index (χ2v) is 3.79. The van der Waals surface area contributed by atoms with Gasteiger partial charge >= 0.3 is 5.97 Å². The van der Waals surface area contributed by atoms with Crippen LogP contribution in [0.1, 0.15) is 17.5 Å². The molecule has 2 aromatic rings. The third kappa shape index (κ3) is 2.48. The number of carbonyl (C=O) groups is 1. The van der Waals surface area contributed by atoms with Gasteiger partial charge in [-0.3, -0.25) is 5.10 Å². The summed E-state index contributed by atoms with van der Waals surface area (Å²) in [6.07, 6.45) is 0. The number of esters is 1. The standard InChI is InChI=1S/C11H9ClFN3O2/c1-2-18-11(17)10-14-9(15-16-10)7-5-6(12)3-4-8(7)13/h3-5H,2H2,1H3,(H,14,15,16). The van der Waals surface area contributed by atoms with Crippen LogP contribution in [0.25, 0.3) is 11.4 Å². The van der Waals surface area contributed by atoms with E-state index in [4.69, 9.17) is 16.3 Å². The molecule has 0 aliphatic carbocycles. The van der Waals surface area contributed by atoms with Crippen molar-refractivity contribution in [2.24, 2.45) is 0 Å². The molecule has 0 aliphatic rings. The minimum Gasteiger partial charge on any atom is -0.460 e. The van der Waals surface area contributed by atoms with Gasteiger partial charge in [0.25, 0.3) is 0 Å². The highest BCUT2D eigenvalue weighted by atomic mass is 35.5. The van der Waals surface area contributed by atoms with Gasteiger partial charge in [0.15, 0.2) is 5.82 Å². The molecule has 0 unspecified atom stereocenters. The van der Waals surface area contributed by atoms with Crippen LogP contribution in [-0.4, -0.2) is 27.8 Å². The largest absolute Gasteiger partial charge is 0.460 e. The van der Waals surface area contributed by atoms with Crippen molar-refractivity contribution in [3.05, 3.63) is 34.9 Å². The maximum atomic E-state index is 13.5. The van der Waals surface area contributed by atoms with E-state index in [-0.39, 0.29) is 23.8 Å². The van der Waals surface area contributed by atoms with Crippen molar-refractivity contribution in [2.75, 3.05) is 6.61 Å². The molecule has 7 heteroatoms. The molecule has 0 radical (unpaired) electrons. The summed E-state index contributed by atoms with van der Waals surface area (Å²) in [5, 5.41) is 6.50. The summed E-state index contributed by atoms with van der Waals surface area (Å²) >= 11 is 5.76. The summed E-state index contributed by atoms with van der Waals surface area (Å²) in [5.41, 5.74) is 0.120. The first-order valence-electron chi connectivity index (χ1n) is 5.16. The maximum absolute atomic E-state index is 13.5. The molecule has 0 aliphatic heterocycles. The number of halogens is 2. The summed E-state index contributed by atoms with van der Waals surface area (Å²) in [4.78, 5) is 15.2. The summed E-state index contributed by atoms with van der Waals surface area (Å²) < 4.78 is 18.3. The van der Waals surface area contributed by atoms with Crippen LogP contribution in [0.5, 0.6) is 0 Å². The topological polar surface area (TPSA) is 67.9 Å². The fourth-order valence-electron chi connectivity index (χ4n) is 1.34. The highest BCUT2D eigenvalue weighted by Gasteiger charge is 2.16. The van der Waals surface area contributed by atoms with E-state index < -0.39 is 11.8 Å². The number of benzene rings is 1. The van der Waals surface area contributed by atoms with Crippen molar-refractivity contribution in [1.82, 2.24) is 15.2 Å². The molecule has 5 nitrogen and oxygen atoms in total. The van der Waals surface area contributed by atoms with Crippen LogP contribution >= 0.6 is 11.6 Å². The van der Waals surface area contributed by atoms with Gasteiger partial charge in [-0.05, 0) is 25.1 Å². The zero-order valence-corrected chi connectivity index (χ0v) is 10.2. The molecule has 1 aromatic carbocycles. The quantitative estimate of drug-likeness (QED) is 0.869. The van der Waals surface area contributed by atoms with E-state index in [0.29, 0.717) is 5.02 Å². The predicted molar refractivity (Wildman–Crippen MR) is 62.7 cm³/mol. The SMILES string of the molecule is CCOC(=O)c1nc(-c2cc(Cl)ccc2F)n[nH]1. The minimum atomic E-state index is -0.640. The van der Waals surface area contributed by atoms with Gasteiger partial charge in [0.05, 0.1) is 12.2 Å². The Balaban J connectivity index is 2.35. The lowest BCUT2D eigenvalue weighted by Gasteiger charge is -1.98. The number of hydrogen-bond donors (Lipinski definition) is 1. The zero-order valence-electron chi connectivity index (χ0n) is 9.41. The van der Waals surface area contributed by atoms with Crippen molar-refractivity contribution in [2.45, 2.75) is 6.92 Å². The molecule has 0 bridgehead atoms. The van der Waals surface area contributed by atoms with Crippen molar-refractivity contribution in [3.63, 3.8) is 0 Å². The van der Waals surface area contributed by atoms with Gasteiger partial charge < -0.3 is 4.74 Å². The van der Waals surface area contributed by atoms with Crippen LogP contribution in [0.2, 0.25) is 5.02 Å². The third-order valence-corrected chi connectivity index (χ3v) is 2.36. The summed E-state index contributed by atoms with van der Waals surface area (Å²) in [6, 6.07) is 4.01. The Morgan fingerprint density at radius 1 is 1.56 bits per heavy atom. The van der Waals surface area contributed by atoms with Gasteiger partial charge in [0, 0.05) is 5.02 Å². The van der Waals surface area contributed by atoms with Crippen LogP contribution in [0.4, 0.5) is 4.39 Å². The fourth-order valence-corrected chi connectivity index (χ4v) is 1.51. The first kappa shape index (κ1) is 12.5. The number of nitrogens with zero attached hydrogens (tertiary/aromatic N) is 2. The minimum absolute atomic E-state index is 0.0538. The number of carbonyl (C=O) groups excluding carboxylic acids is 1. The van der Waals surface area contributed by atoms with Gasteiger partial charge in [0.1, 0.15) is 5.82 Å². The van der Waals surface area contributed by atoms with Crippen LogP contribution in [0.15, 0.2) is 18.2 Å². The van der Waals surface area contributed by atoms with Crippen molar-refractivity contribution >= 4 is 17.6 Å². The number of hydrogen-bond acceptors (Lipinski definition) is 4. The molecule has 18 heavy (non-hydrogen) atoms. The van der Waals surface area contributed by atoms with Crippen LogP contribution < -0.4 is 0 Å². The number of rotatable bonds is 3. The summed E-state index contributed by atoms with van der Waals surface area (Å²) in [6.45, 7) is 1.90. The van der Waals surface area contributed by atoms with Gasteiger partial charge in [-0.25, -0.2) is 14.2 Å². The van der Waals surface area contributed by atoms with E-state index in [1.807, 2.05) is 0 Å². The van der Waals surface area contributed by atoms with Gasteiger partial charge in [-0.15, -0.1) is 0 Å². The first-order chi connectivity index (χ1) is 8.61. The Bertz CT molecular complexity index is 585. The lowest BCUT2D eigenvalue weighted by atomic mass is 10.2. The van der Waals surface area contributed by atoms with Gasteiger partial charge in [-0.1, -0.05) is 11.6 Å². The van der Waals surface area contributed by atoms with Crippen LogP contribution in [-0.2, 0) is 4.74 Å². The van der Waals surface area contributed by atoms with Gasteiger partial charge in [0.2, 0.25) is 5.82 Å². The number of aromatic amines is 1. The molecule has 2 rings (SSSR count). The molecule has 1 heterocycles. The molecule has 1 aromatic heterocycles. The smallest absolute Gasteiger partial charge is 0.375 e. The second-order valence-electron chi connectivity index (χ2n) is 3.35. The van der Waals surface area contributed by atoms with E-state index in [0.717, 1.165) is 0 Å². The van der Waals surface area contributed by atoms with E-state index >= 15 is 0 Å². The summed E-state index contributed by atoms with van der Waals surface area (Å²) in [7, 11) is 0. The molecule has 0 atom stereocenters. The monoisotopic (exact) mass is 269 g/mol. The number of H-pyrrole nitrogens is 1. The van der Waals surface area contributed by atoms with Gasteiger partial charge in [-0.2, -0.15) is 5.10 Å². The molecular formula is C11H9ClFN3O2. The summed E-state index contributed by atoms with van der Waals surface area (Å²) in [5.74, 6) is -1.18. The normalized spacial score (nSPS) is 10.4. The average Bonchev–Trinajstić information content (AvgIpc) is 2.82. The Kier molecular flexibility index (Phi) is 3.57. The molecule has 1 N–H and O–H groups in total.